The first-order valence-electron chi connectivity index (χ1n) is 9.54. The Balaban J connectivity index is 2.34. The molecule has 2 amide bonds. The minimum Gasteiger partial charge on any atom is -0.444 e. The van der Waals surface area contributed by atoms with Crippen LogP contribution in [0.15, 0.2) is 4.99 Å². The average Bonchev–Trinajstić information content (AvgIpc) is 3.38. The molecule has 8 nitrogen and oxygen atoms in total. The Morgan fingerprint density at radius 3 is 2.35 bits per heavy atom. The fraction of sp³-hybridized carbons (Fsp3) is 0.833. The van der Waals surface area contributed by atoms with E-state index in [1.165, 1.54) is 0 Å². The Bertz CT molecular complexity index is 484. The molecule has 1 fully saturated rings. The largest absolute Gasteiger partial charge is 0.444 e. The lowest BCUT2D eigenvalue weighted by Gasteiger charge is -2.26. The minimum atomic E-state index is -0.501. The summed E-state index contributed by atoms with van der Waals surface area (Å²) in [7, 11) is 0. The van der Waals surface area contributed by atoms with Crippen LogP contribution >= 0.6 is 0 Å². The SMILES string of the molecule is CCNC(=NCCNC(=O)C1CC1)NCCN(CC)C(=O)OC(C)(C)C. The van der Waals surface area contributed by atoms with Crippen LogP contribution in [0.3, 0.4) is 0 Å². The van der Waals surface area contributed by atoms with Gasteiger partial charge >= 0.3 is 6.09 Å². The summed E-state index contributed by atoms with van der Waals surface area (Å²) in [6, 6.07) is 0. The van der Waals surface area contributed by atoms with Gasteiger partial charge in [-0.2, -0.15) is 0 Å². The van der Waals surface area contributed by atoms with Crippen molar-refractivity contribution < 1.29 is 14.3 Å². The molecule has 0 unspecified atom stereocenters. The highest BCUT2D eigenvalue weighted by atomic mass is 16.6. The first kappa shape index (κ1) is 22.1. The van der Waals surface area contributed by atoms with Gasteiger partial charge in [0.1, 0.15) is 5.60 Å². The van der Waals surface area contributed by atoms with E-state index in [0.717, 1.165) is 19.4 Å². The molecule has 1 rings (SSSR count). The third kappa shape index (κ3) is 9.48. The molecule has 1 aliphatic carbocycles. The fourth-order valence-electron chi connectivity index (χ4n) is 2.19. The van der Waals surface area contributed by atoms with Gasteiger partial charge in [-0.25, -0.2) is 4.79 Å². The molecule has 0 aromatic rings. The molecule has 0 radical (unpaired) electrons. The molecule has 8 heteroatoms. The van der Waals surface area contributed by atoms with Crippen LogP contribution in [0.4, 0.5) is 4.79 Å². The van der Waals surface area contributed by atoms with E-state index < -0.39 is 5.60 Å². The maximum absolute atomic E-state index is 12.1. The summed E-state index contributed by atoms with van der Waals surface area (Å²) in [5.41, 5.74) is -0.501. The number of nitrogens with one attached hydrogen (secondary N) is 3. The number of rotatable bonds is 9. The Labute approximate surface area is 157 Å². The number of nitrogens with zero attached hydrogens (tertiary/aromatic N) is 2. The van der Waals surface area contributed by atoms with Crippen molar-refractivity contribution >= 4 is 18.0 Å². The van der Waals surface area contributed by atoms with E-state index in [1.54, 1.807) is 4.90 Å². The third-order valence-corrected chi connectivity index (χ3v) is 3.68. The van der Waals surface area contributed by atoms with E-state index in [-0.39, 0.29) is 17.9 Å². The zero-order chi connectivity index (χ0) is 19.6. The Kier molecular flexibility index (Phi) is 9.23. The second kappa shape index (κ2) is 10.9. The van der Waals surface area contributed by atoms with E-state index in [0.29, 0.717) is 38.7 Å². The number of likely N-dealkylation sites (N-methyl/N-ethyl adjacent to an activating group) is 1. The van der Waals surface area contributed by atoms with E-state index in [9.17, 15) is 9.59 Å². The summed E-state index contributed by atoms with van der Waals surface area (Å²) in [6.45, 7) is 12.9. The van der Waals surface area contributed by atoms with Crippen LogP contribution < -0.4 is 16.0 Å². The second-order valence-electron chi connectivity index (χ2n) is 7.31. The van der Waals surface area contributed by atoms with Crippen LogP contribution in [0.25, 0.3) is 0 Å². The molecule has 0 aromatic heterocycles. The summed E-state index contributed by atoms with van der Waals surface area (Å²) in [5.74, 6) is 1.03. The Hall–Kier alpha value is -1.99. The summed E-state index contributed by atoms with van der Waals surface area (Å²) < 4.78 is 5.40. The maximum Gasteiger partial charge on any atom is 0.410 e. The van der Waals surface area contributed by atoms with Gasteiger partial charge in [0.05, 0.1) is 6.54 Å². The van der Waals surface area contributed by atoms with Crippen LogP contribution in [0, 0.1) is 5.92 Å². The first-order valence-corrected chi connectivity index (χ1v) is 9.54. The van der Waals surface area contributed by atoms with Gasteiger partial charge in [0, 0.05) is 38.6 Å². The maximum atomic E-state index is 12.1. The molecular weight excluding hydrogens is 334 g/mol. The van der Waals surface area contributed by atoms with Gasteiger partial charge < -0.3 is 25.6 Å². The van der Waals surface area contributed by atoms with Gasteiger partial charge in [0.2, 0.25) is 5.91 Å². The number of aliphatic imine (C=N–C) groups is 1. The monoisotopic (exact) mass is 369 g/mol. The summed E-state index contributed by atoms with van der Waals surface area (Å²) >= 11 is 0. The zero-order valence-electron chi connectivity index (χ0n) is 16.9. The normalized spacial score (nSPS) is 14.6. The number of guanidine groups is 1. The summed E-state index contributed by atoms with van der Waals surface area (Å²) in [5, 5.41) is 9.25. The summed E-state index contributed by atoms with van der Waals surface area (Å²) in [6.07, 6.45) is 1.70. The molecule has 0 aromatic carbocycles. The van der Waals surface area contributed by atoms with Crippen molar-refractivity contribution in [3.05, 3.63) is 0 Å². The quantitative estimate of drug-likeness (QED) is 0.324. The van der Waals surface area contributed by atoms with Gasteiger partial charge in [-0.3, -0.25) is 9.79 Å². The number of carbonyl (C=O) groups is 2. The topological polar surface area (TPSA) is 95.1 Å². The van der Waals surface area contributed by atoms with Crippen molar-refractivity contribution in [2.75, 3.05) is 39.3 Å². The van der Waals surface area contributed by atoms with Crippen LogP contribution in [-0.2, 0) is 9.53 Å². The molecule has 150 valence electrons. The fourth-order valence-corrected chi connectivity index (χ4v) is 2.19. The van der Waals surface area contributed by atoms with Gasteiger partial charge in [0.15, 0.2) is 5.96 Å². The van der Waals surface area contributed by atoms with Crippen molar-refractivity contribution in [3.63, 3.8) is 0 Å². The van der Waals surface area contributed by atoms with Crippen LogP contribution in [-0.4, -0.2) is 67.7 Å². The standard InChI is InChI=1S/C18H35N5O3/c1-6-19-16(21-11-10-20-15(24)14-8-9-14)22-12-13-23(7-2)17(25)26-18(3,4)5/h14H,6-13H2,1-5H3,(H,20,24)(H2,19,21,22). The van der Waals surface area contributed by atoms with Crippen LogP contribution in [0.1, 0.15) is 47.5 Å². The number of ether oxygens (including phenoxy) is 1. The average molecular weight is 370 g/mol. The highest BCUT2D eigenvalue weighted by Crippen LogP contribution is 2.28. The van der Waals surface area contributed by atoms with Crippen LogP contribution in [0.5, 0.6) is 0 Å². The lowest BCUT2D eigenvalue weighted by molar-refractivity contribution is -0.122. The molecule has 1 saturated carbocycles. The second-order valence-corrected chi connectivity index (χ2v) is 7.31. The molecule has 0 atom stereocenters. The predicted molar refractivity (Wildman–Crippen MR) is 103 cm³/mol. The van der Waals surface area contributed by atoms with Gasteiger partial charge in [-0.1, -0.05) is 0 Å². The predicted octanol–water partition coefficient (Wildman–Crippen LogP) is 1.32. The third-order valence-electron chi connectivity index (χ3n) is 3.68. The molecule has 0 heterocycles. The molecule has 0 saturated heterocycles. The summed E-state index contributed by atoms with van der Waals surface area (Å²) in [4.78, 5) is 29.8. The molecule has 0 aliphatic heterocycles. The van der Waals surface area contributed by atoms with Crippen molar-refractivity contribution in [2.24, 2.45) is 10.9 Å². The van der Waals surface area contributed by atoms with Crippen molar-refractivity contribution in [1.82, 2.24) is 20.9 Å². The number of hydrogen-bond donors (Lipinski definition) is 3. The number of carbonyl (C=O) groups excluding carboxylic acids is 2. The van der Waals surface area contributed by atoms with Crippen LogP contribution in [0.2, 0.25) is 0 Å². The van der Waals surface area contributed by atoms with Gasteiger partial charge in [-0.15, -0.1) is 0 Å². The lowest BCUT2D eigenvalue weighted by Crippen LogP contribution is -2.44. The molecule has 3 N–H and O–H groups in total. The zero-order valence-corrected chi connectivity index (χ0v) is 16.9. The van der Waals surface area contributed by atoms with Gasteiger partial charge in [-0.05, 0) is 47.5 Å². The molecule has 0 spiro atoms. The smallest absolute Gasteiger partial charge is 0.410 e. The lowest BCUT2D eigenvalue weighted by atomic mass is 10.2. The molecule has 26 heavy (non-hydrogen) atoms. The van der Waals surface area contributed by atoms with Crippen molar-refractivity contribution in [3.8, 4) is 0 Å². The Morgan fingerprint density at radius 1 is 1.12 bits per heavy atom. The highest BCUT2D eigenvalue weighted by Gasteiger charge is 2.28. The van der Waals surface area contributed by atoms with E-state index in [1.807, 2.05) is 34.6 Å². The molecular formula is C18H35N5O3. The van der Waals surface area contributed by atoms with Gasteiger partial charge in [0.25, 0.3) is 0 Å². The highest BCUT2D eigenvalue weighted by molar-refractivity contribution is 5.81. The minimum absolute atomic E-state index is 0.133. The molecule has 0 bridgehead atoms. The van der Waals surface area contributed by atoms with Crippen molar-refractivity contribution in [1.29, 1.82) is 0 Å². The van der Waals surface area contributed by atoms with E-state index in [4.69, 9.17) is 4.74 Å². The van der Waals surface area contributed by atoms with E-state index in [2.05, 4.69) is 20.9 Å². The first-order chi connectivity index (χ1) is 12.3. The number of amides is 2. The number of hydrogen-bond acceptors (Lipinski definition) is 4. The Morgan fingerprint density at radius 2 is 1.81 bits per heavy atom. The molecule has 1 aliphatic rings. The van der Waals surface area contributed by atoms with E-state index >= 15 is 0 Å². The van der Waals surface area contributed by atoms with Crippen molar-refractivity contribution in [2.45, 2.75) is 53.1 Å².